The van der Waals surface area contributed by atoms with Crippen LogP contribution in [0.1, 0.15) is 25.7 Å². The molecule has 2 saturated heterocycles. The highest BCUT2D eigenvalue weighted by Crippen LogP contribution is 2.21. The number of amides is 1. The smallest absolute Gasteiger partial charge is 0.348 e. The topological polar surface area (TPSA) is 44.4 Å². The summed E-state index contributed by atoms with van der Waals surface area (Å²) >= 11 is 0. The zero-order valence-electron chi connectivity index (χ0n) is 12.6. The summed E-state index contributed by atoms with van der Waals surface area (Å²) in [7, 11) is 0. The van der Waals surface area contributed by atoms with Gasteiger partial charge in [0.25, 0.3) is 0 Å². The molecule has 8 heteroatoms. The zero-order chi connectivity index (χ0) is 15.3. The number of hydrogen-bond donors (Lipinski definition) is 2. The highest BCUT2D eigenvalue weighted by atomic mass is 35.5. The Balaban J connectivity index is 0.00000242. The first kappa shape index (κ1) is 19.5. The molecule has 22 heavy (non-hydrogen) atoms. The molecule has 0 atom stereocenters. The highest BCUT2D eigenvalue weighted by molar-refractivity contribution is 5.85. The van der Waals surface area contributed by atoms with E-state index in [0.29, 0.717) is 0 Å². The Bertz CT molecular complexity index is 341. The molecule has 4 nitrogen and oxygen atoms in total. The van der Waals surface area contributed by atoms with E-state index in [0.717, 1.165) is 51.5 Å². The van der Waals surface area contributed by atoms with E-state index in [1.807, 2.05) is 5.32 Å². The fourth-order valence-electron chi connectivity index (χ4n) is 3.14. The Hall–Kier alpha value is -0.530. The van der Waals surface area contributed by atoms with Crippen LogP contribution in [0.5, 0.6) is 0 Å². The molecule has 2 N–H and O–H groups in total. The summed E-state index contributed by atoms with van der Waals surface area (Å²) in [6.45, 7) is 5.27. The van der Waals surface area contributed by atoms with Crippen LogP contribution in [0.3, 0.4) is 0 Å². The molecular formula is C14H25ClF3N3O. The van der Waals surface area contributed by atoms with Crippen molar-refractivity contribution in [3.8, 4) is 0 Å². The van der Waals surface area contributed by atoms with E-state index in [-0.39, 0.29) is 24.9 Å². The second-order valence-corrected chi connectivity index (χ2v) is 6.15. The maximum absolute atomic E-state index is 12.1. The second-order valence-electron chi connectivity index (χ2n) is 6.15. The van der Waals surface area contributed by atoms with Gasteiger partial charge in [0.15, 0.2) is 0 Å². The van der Waals surface area contributed by atoms with Gasteiger partial charge >= 0.3 is 12.1 Å². The quantitative estimate of drug-likeness (QED) is 0.818. The van der Waals surface area contributed by atoms with Crippen LogP contribution in [-0.2, 0) is 4.79 Å². The minimum Gasteiger partial charge on any atom is -0.348 e. The Morgan fingerprint density at radius 3 is 2.23 bits per heavy atom. The normalized spacial score (nSPS) is 22.1. The molecule has 0 aromatic carbocycles. The van der Waals surface area contributed by atoms with Gasteiger partial charge in [0.1, 0.15) is 0 Å². The van der Waals surface area contributed by atoms with Crippen molar-refractivity contribution in [3.63, 3.8) is 0 Å². The summed E-state index contributed by atoms with van der Waals surface area (Å²) in [5.41, 5.74) is 0. The van der Waals surface area contributed by atoms with Gasteiger partial charge in [-0.15, -0.1) is 12.4 Å². The number of nitrogens with one attached hydrogen (secondary N) is 2. The number of piperidine rings is 2. The lowest BCUT2D eigenvalue weighted by Gasteiger charge is -2.35. The van der Waals surface area contributed by atoms with Crippen LogP contribution in [0.25, 0.3) is 0 Å². The van der Waals surface area contributed by atoms with Crippen molar-refractivity contribution in [2.75, 3.05) is 39.3 Å². The number of hydrogen-bond acceptors (Lipinski definition) is 3. The van der Waals surface area contributed by atoms with Gasteiger partial charge < -0.3 is 15.5 Å². The second kappa shape index (κ2) is 8.93. The first-order valence-electron chi connectivity index (χ1n) is 7.73. The molecule has 2 aliphatic heterocycles. The van der Waals surface area contributed by atoms with Crippen LogP contribution in [-0.4, -0.2) is 56.3 Å². The van der Waals surface area contributed by atoms with Crippen LogP contribution < -0.4 is 10.6 Å². The fraction of sp³-hybridized carbons (Fsp3) is 0.929. The SMILES string of the molecule is Cl.O=C(NCC1CCN(CC2CCNCC2)CC1)C(F)(F)F. The Labute approximate surface area is 135 Å². The molecule has 0 aromatic rings. The van der Waals surface area contributed by atoms with Gasteiger partial charge in [0, 0.05) is 13.1 Å². The molecule has 130 valence electrons. The van der Waals surface area contributed by atoms with E-state index < -0.39 is 12.1 Å². The molecular weight excluding hydrogens is 319 g/mol. The van der Waals surface area contributed by atoms with Gasteiger partial charge in [-0.25, -0.2) is 0 Å². The van der Waals surface area contributed by atoms with Crippen molar-refractivity contribution in [3.05, 3.63) is 0 Å². The maximum Gasteiger partial charge on any atom is 0.471 e. The fourth-order valence-corrected chi connectivity index (χ4v) is 3.14. The molecule has 2 aliphatic rings. The third kappa shape index (κ3) is 6.30. The Kier molecular flexibility index (Phi) is 7.93. The lowest BCUT2D eigenvalue weighted by Crippen LogP contribution is -2.44. The van der Waals surface area contributed by atoms with Crippen molar-refractivity contribution in [1.82, 2.24) is 15.5 Å². The van der Waals surface area contributed by atoms with Gasteiger partial charge in [-0.2, -0.15) is 13.2 Å². The van der Waals surface area contributed by atoms with Gasteiger partial charge in [-0.1, -0.05) is 0 Å². The van der Waals surface area contributed by atoms with Gasteiger partial charge in [-0.05, 0) is 63.7 Å². The molecule has 0 spiro atoms. The number of carbonyl (C=O) groups excluding carboxylic acids is 1. The van der Waals surface area contributed by atoms with Crippen LogP contribution >= 0.6 is 12.4 Å². The first-order valence-corrected chi connectivity index (χ1v) is 7.73. The minimum absolute atomic E-state index is 0. The predicted molar refractivity (Wildman–Crippen MR) is 81.1 cm³/mol. The van der Waals surface area contributed by atoms with Crippen LogP contribution in [0.2, 0.25) is 0 Å². The number of carbonyl (C=O) groups is 1. The van der Waals surface area contributed by atoms with E-state index in [9.17, 15) is 18.0 Å². The van der Waals surface area contributed by atoms with E-state index in [4.69, 9.17) is 0 Å². The zero-order valence-corrected chi connectivity index (χ0v) is 13.4. The average molecular weight is 344 g/mol. The summed E-state index contributed by atoms with van der Waals surface area (Å²) in [6, 6.07) is 0. The standard InChI is InChI=1S/C14H24F3N3O.ClH/c15-14(16,17)13(21)19-9-11-3-7-20(8-4-11)10-12-1-5-18-6-2-12;/h11-12,18H,1-10H2,(H,19,21);1H. The monoisotopic (exact) mass is 343 g/mol. The summed E-state index contributed by atoms with van der Waals surface area (Å²) in [4.78, 5) is 13.2. The summed E-state index contributed by atoms with van der Waals surface area (Å²) < 4.78 is 36.3. The third-order valence-electron chi connectivity index (χ3n) is 4.49. The molecule has 2 heterocycles. The van der Waals surface area contributed by atoms with Crippen molar-refractivity contribution in [2.45, 2.75) is 31.9 Å². The van der Waals surface area contributed by atoms with Crippen molar-refractivity contribution in [2.24, 2.45) is 11.8 Å². The number of likely N-dealkylation sites (tertiary alicyclic amines) is 1. The van der Waals surface area contributed by atoms with Gasteiger partial charge in [-0.3, -0.25) is 4.79 Å². The molecule has 0 unspecified atom stereocenters. The van der Waals surface area contributed by atoms with E-state index in [1.165, 1.54) is 12.8 Å². The molecule has 0 bridgehead atoms. The van der Waals surface area contributed by atoms with Crippen molar-refractivity contribution in [1.29, 1.82) is 0 Å². The summed E-state index contributed by atoms with van der Waals surface area (Å²) in [5, 5.41) is 5.35. The first-order chi connectivity index (χ1) is 9.95. The minimum atomic E-state index is -4.77. The third-order valence-corrected chi connectivity index (χ3v) is 4.49. The van der Waals surface area contributed by atoms with Gasteiger partial charge in [0.2, 0.25) is 0 Å². The molecule has 0 saturated carbocycles. The maximum atomic E-state index is 12.1. The molecule has 0 radical (unpaired) electrons. The van der Waals surface area contributed by atoms with E-state index in [1.54, 1.807) is 0 Å². The van der Waals surface area contributed by atoms with Crippen LogP contribution in [0, 0.1) is 11.8 Å². The van der Waals surface area contributed by atoms with Crippen molar-refractivity contribution < 1.29 is 18.0 Å². The van der Waals surface area contributed by atoms with E-state index in [2.05, 4.69) is 10.2 Å². The molecule has 0 aliphatic carbocycles. The molecule has 0 aromatic heterocycles. The average Bonchev–Trinajstić information content (AvgIpc) is 2.46. The largest absolute Gasteiger partial charge is 0.471 e. The Morgan fingerprint density at radius 2 is 1.68 bits per heavy atom. The van der Waals surface area contributed by atoms with Gasteiger partial charge in [0.05, 0.1) is 0 Å². The lowest BCUT2D eigenvalue weighted by molar-refractivity contribution is -0.173. The number of halogens is 4. The predicted octanol–water partition coefficient (Wildman–Crippen LogP) is 1.80. The lowest BCUT2D eigenvalue weighted by atomic mass is 9.93. The number of rotatable bonds is 4. The molecule has 2 fully saturated rings. The Morgan fingerprint density at radius 1 is 1.09 bits per heavy atom. The highest BCUT2D eigenvalue weighted by Gasteiger charge is 2.38. The summed E-state index contributed by atoms with van der Waals surface area (Å²) in [6.07, 6.45) is -0.620. The molecule has 1 amide bonds. The number of nitrogens with zero attached hydrogens (tertiary/aromatic N) is 1. The van der Waals surface area contributed by atoms with E-state index >= 15 is 0 Å². The summed E-state index contributed by atoms with van der Waals surface area (Å²) in [5.74, 6) is -0.909. The van der Waals surface area contributed by atoms with Crippen LogP contribution in [0.15, 0.2) is 0 Å². The van der Waals surface area contributed by atoms with Crippen molar-refractivity contribution >= 4 is 18.3 Å². The molecule has 2 rings (SSSR count). The number of alkyl halides is 3. The van der Waals surface area contributed by atoms with Crippen LogP contribution in [0.4, 0.5) is 13.2 Å².